The van der Waals surface area contributed by atoms with Crippen LogP contribution < -0.4 is 4.90 Å². The number of aliphatic hydroxyl groups excluding tert-OH is 1. The summed E-state index contributed by atoms with van der Waals surface area (Å²) in [4.78, 5) is 19.5. The Hall–Kier alpha value is -1.62. The monoisotopic (exact) mass is 235 g/mol. The summed E-state index contributed by atoms with van der Waals surface area (Å²) in [5, 5.41) is 8.93. The highest BCUT2D eigenvalue weighted by Gasteiger charge is 2.26. The largest absolute Gasteiger partial charge is 0.396 e. The first-order chi connectivity index (χ1) is 8.11. The SMILES string of the molecule is CN(C)C(=O)c1ccc(N2CC(CO)C2)nc1. The van der Waals surface area contributed by atoms with Crippen LogP contribution in [0, 0.1) is 5.92 Å². The number of rotatable bonds is 3. The summed E-state index contributed by atoms with van der Waals surface area (Å²) in [6, 6.07) is 3.64. The van der Waals surface area contributed by atoms with Gasteiger partial charge in [-0.2, -0.15) is 0 Å². The maximum atomic E-state index is 11.6. The van der Waals surface area contributed by atoms with Gasteiger partial charge in [-0.15, -0.1) is 0 Å². The predicted molar refractivity (Wildman–Crippen MR) is 65.0 cm³/mol. The van der Waals surface area contributed by atoms with E-state index in [9.17, 15) is 4.79 Å². The average molecular weight is 235 g/mol. The van der Waals surface area contributed by atoms with Crippen LogP contribution >= 0.6 is 0 Å². The second-order valence-corrected chi connectivity index (χ2v) is 4.56. The van der Waals surface area contributed by atoms with Gasteiger partial charge in [0, 0.05) is 45.9 Å². The van der Waals surface area contributed by atoms with Crippen LogP contribution in [0.5, 0.6) is 0 Å². The lowest BCUT2D eigenvalue weighted by atomic mass is 10.0. The van der Waals surface area contributed by atoms with E-state index in [1.165, 1.54) is 4.90 Å². The highest BCUT2D eigenvalue weighted by molar-refractivity contribution is 5.93. The highest BCUT2D eigenvalue weighted by Crippen LogP contribution is 2.22. The van der Waals surface area contributed by atoms with Gasteiger partial charge in [0.1, 0.15) is 5.82 Å². The molecule has 1 amide bonds. The van der Waals surface area contributed by atoms with Crippen molar-refractivity contribution in [1.82, 2.24) is 9.88 Å². The smallest absolute Gasteiger partial charge is 0.254 e. The number of nitrogens with zero attached hydrogens (tertiary/aromatic N) is 3. The topological polar surface area (TPSA) is 56.7 Å². The zero-order valence-corrected chi connectivity index (χ0v) is 10.1. The maximum absolute atomic E-state index is 11.6. The van der Waals surface area contributed by atoms with Crippen molar-refractivity contribution in [1.29, 1.82) is 0 Å². The number of carbonyl (C=O) groups is 1. The number of carbonyl (C=O) groups excluding carboxylic acids is 1. The van der Waals surface area contributed by atoms with Gasteiger partial charge in [-0.3, -0.25) is 4.79 Å². The molecule has 2 heterocycles. The summed E-state index contributed by atoms with van der Waals surface area (Å²) in [7, 11) is 3.44. The van der Waals surface area contributed by atoms with Crippen molar-refractivity contribution < 1.29 is 9.90 Å². The highest BCUT2D eigenvalue weighted by atomic mass is 16.3. The van der Waals surface area contributed by atoms with Crippen molar-refractivity contribution in [3.05, 3.63) is 23.9 Å². The molecule has 1 aliphatic rings. The number of hydrogen-bond donors (Lipinski definition) is 1. The maximum Gasteiger partial charge on any atom is 0.254 e. The molecule has 0 aromatic carbocycles. The van der Waals surface area contributed by atoms with E-state index in [1.807, 2.05) is 6.07 Å². The van der Waals surface area contributed by atoms with Crippen LogP contribution in [-0.4, -0.2) is 54.7 Å². The van der Waals surface area contributed by atoms with Crippen LogP contribution in [0.1, 0.15) is 10.4 Å². The Bertz CT molecular complexity index is 397. The van der Waals surface area contributed by atoms with Crippen molar-refractivity contribution in [2.75, 3.05) is 38.7 Å². The third kappa shape index (κ3) is 2.39. The Morgan fingerprint density at radius 2 is 2.24 bits per heavy atom. The lowest BCUT2D eigenvalue weighted by molar-refractivity contribution is 0.0827. The van der Waals surface area contributed by atoms with Crippen molar-refractivity contribution in [2.24, 2.45) is 5.92 Å². The Morgan fingerprint density at radius 1 is 1.53 bits per heavy atom. The number of hydrogen-bond acceptors (Lipinski definition) is 4. The minimum absolute atomic E-state index is 0.0408. The normalized spacial score (nSPS) is 15.6. The summed E-state index contributed by atoms with van der Waals surface area (Å²) in [5.41, 5.74) is 0.595. The second-order valence-electron chi connectivity index (χ2n) is 4.56. The van der Waals surface area contributed by atoms with Crippen molar-refractivity contribution in [3.63, 3.8) is 0 Å². The second kappa shape index (κ2) is 4.71. The number of anilines is 1. The molecule has 0 unspecified atom stereocenters. The zero-order valence-electron chi connectivity index (χ0n) is 10.1. The Balaban J connectivity index is 2.02. The molecule has 0 spiro atoms. The van der Waals surface area contributed by atoms with Crippen LogP contribution in [0.4, 0.5) is 5.82 Å². The van der Waals surface area contributed by atoms with E-state index in [-0.39, 0.29) is 12.5 Å². The van der Waals surface area contributed by atoms with Gasteiger partial charge >= 0.3 is 0 Å². The standard InChI is InChI=1S/C12H17N3O2/c1-14(2)12(17)10-3-4-11(13-5-10)15-6-9(7-15)8-16/h3-5,9,16H,6-8H2,1-2H3. The van der Waals surface area contributed by atoms with Gasteiger partial charge in [0.05, 0.1) is 5.56 Å². The number of aromatic nitrogens is 1. The molecule has 1 N–H and O–H groups in total. The van der Waals surface area contributed by atoms with Crippen LogP contribution in [0.3, 0.4) is 0 Å². The van der Waals surface area contributed by atoms with Crippen molar-refractivity contribution >= 4 is 11.7 Å². The van der Waals surface area contributed by atoms with Crippen LogP contribution in [0.15, 0.2) is 18.3 Å². The minimum atomic E-state index is -0.0408. The van der Waals surface area contributed by atoms with Crippen molar-refractivity contribution in [2.45, 2.75) is 0 Å². The third-order valence-corrected chi connectivity index (χ3v) is 2.94. The summed E-state index contributed by atoms with van der Waals surface area (Å²) in [5.74, 6) is 1.19. The number of amides is 1. The van der Waals surface area contributed by atoms with Gasteiger partial charge in [-0.1, -0.05) is 0 Å². The van der Waals surface area contributed by atoms with Gasteiger partial charge in [0.15, 0.2) is 0 Å². The molecule has 1 fully saturated rings. The number of aliphatic hydroxyl groups is 1. The van der Waals surface area contributed by atoms with Crippen LogP contribution in [-0.2, 0) is 0 Å². The quantitative estimate of drug-likeness (QED) is 0.814. The van der Waals surface area contributed by atoms with E-state index >= 15 is 0 Å². The van der Waals surface area contributed by atoms with Gasteiger partial charge < -0.3 is 14.9 Å². The third-order valence-electron chi connectivity index (χ3n) is 2.94. The summed E-state index contributed by atoms with van der Waals surface area (Å²) < 4.78 is 0. The van der Waals surface area contributed by atoms with Gasteiger partial charge in [-0.25, -0.2) is 4.98 Å². The first-order valence-electron chi connectivity index (χ1n) is 5.65. The number of pyridine rings is 1. The predicted octanol–water partition coefficient (Wildman–Crippen LogP) is 0.212. The van der Waals surface area contributed by atoms with E-state index in [0.717, 1.165) is 18.9 Å². The zero-order chi connectivity index (χ0) is 12.4. The molecule has 0 aliphatic carbocycles. The molecule has 1 saturated heterocycles. The van der Waals surface area contributed by atoms with Crippen LogP contribution in [0.25, 0.3) is 0 Å². The molecule has 1 aromatic rings. The molecule has 0 saturated carbocycles. The Labute approximate surface area is 101 Å². The molecule has 1 aliphatic heterocycles. The van der Waals surface area contributed by atoms with E-state index in [2.05, 4.69) is 9.88 Å². The van der Waals surface area contributed by atoms with E-state index in [4.69, 9.17) is 5.11 Å². The van der Waals surface area contributed by atoms with Crippen LogP contribution in [0.2, 0.25) is 0 Å². The Morgan fingerprint density at radius 3 is 2.71 bits per heavy atom. The molecular weight excluding hydrogens is 218 g/mol. The molecule has 2 rings (SSSR count). The van der Waals surface area contributed by atoms with Gasteiger partial charge in [-0.05, 0) is 12.1 Å². The fraction of sp³-hybridized carbons (Fsp3) is 0.500. The minimum Gasteiger partial charge on any atom is -0.396 e. The fourth-order valence-electron chi connectivity index (χ4n) is 1.83. The lowest BCUT2D eigenvalue weighted by Crippen LogP contribution is -2.48. The van der Waals surface area contributed by atoms with Gasteiger partial charge in [0.25, 0.3) is 5.91 Å². The van der Waals surface area contributed by atoms with E-state index < -0.39 is 0 Å². The Kier molecular flexibility index (Phi) is 3.28. The molecule has 0 bridgehead atoms. The molecule has 0 atom stereocenters. The summed E-state index contributed by atoms with van der Waals surface area (Å²) >= 11 is 0. The van der Waals surface area contributed by atoms with E-state index in [0.29, 0.717) is 11.5 Å². The molecule has 5 nitrogen and oxygen atoms in total. The first-order valence-corrected chi connectivity index (χ1v) is 5.65. The first kappa shape index (κ1) is 11.9. The molecule has 0 radical (unpaired) electrons. The molecule has 17 heavy (non-hydrogen) atoms. The molecular formula is C12H17N3O2. The molecule has 5 heteroatoms. The van der Waals surface area contributed by atoms with Crippen molar-refractivity contribution in [3.8, 4) is 0 Å². The van der Waals surface area contributed by atoms with E-state index in [1.54, 1.807) is 26.4 Å². The lowest BCUT2D eigenvalue weighted by Gasteiger charge is -2.39. The average Bonchev–Trinajstić information content (AvgIpc) is 2.27. The fourth-order valence-corrected chi connectivity index (χ4v) is 1.83. The summed E-state index contributed by atoms with van der Waals surface area (Å²) in [6.45, 7) is 1.91. The summed E-state index contributed by atoms with van der Waals surface area (Å²) in [6.07, 6.45) is 1.60. The molecule has 1 aromatic heterocycles. The van der Waals surface area contributed by atoms with Gasteiger partial charge in [0.2, 0.25) is 0 Å². The molecule has 92 valence electrons.